The number of rotatable bonds is 6. The molecule has 1 unspecified atom stereocenters. The monoisotopic (exact) mass is 318 g/mol. The first-order valence-electron chi connectivity index (χ1n) is 7.30. The molecule has 22 heavy (non-hydrogen) atoms. The molecule has 0 saturated carbocycles. The molecule has 5 nitrogen and oxygen atoms in total. The molecule has 1 aromatic heterocycles. The molecule has 0 aliphatic rings. The number of anilines is 1. The second-order valence-electron chi connectivity index (χ2n) is 5.85. The van der Waals surface area contributed by atoms with Gasteiger partial charge in [-0.25, -0.2) is 0 Å². The van der Waals surface area contributed by atoms with E-state index in [1.54, 1.807) is 0 Å². The summed E-state index contributed by atoms with van der Waals surface area (Å²) >= 11 is 1.42. The van der Waals surface area contributed by atoms with E-state index in [-0.39, 0.29) is 17.2 Å². The van der Waals surface area contributed by atoms with Crippen molar-refractivity contribution in [2.24, 2.45) is 5.92 Å². The third-order valence-electron chi connectivity index (χ3n) is 3.64. The van der Waals surface area contributed by atoms with Crippen LogP contribution in [0.2, 0.25) is 0 Å². The van der Waals surface area contributed by atoms with Crippen LogP contribution in [0.25, 0.3) is 0 Å². The molecule has 1 heterocycles. The van der Waals surface area contributed by atoms with E-state index >= 15 is 0 Å². The summed E-state index contributed by atoms with van der Waals surface area (Å²) < 4.78 is 0. The second-order valence-corrected chi connectivity index (χ2v) is 6.83. The van der Waals surface area contributed by atoms with Gasteiger partial charge < -0.3 is 10.6 Å². The standard InChI is InChI=1S/C16H22N4OS/c1-11(10-17-4)13(21)18-15-20-19-14(22-15)16(2,3)12-8-6-5-7-9-12/h5-9,11,17H,10H2,1-4H3,(H,18,20,21). The van der Waals surface area contributed by atoms with Gasteiger partial charge in [0.1, 0.15) is 5.01 Å². The van der Waals surface area contributed by atoms with Crippen LogP contribution in [-0.2, 0) is 10.2 Å². The minimum atomic E-state index is -0.238. The zero-order valence-corrected chi connectivity index (χ0v) is 14.2. The van der Waals surface area contributed by atoms with Crippen molar-refractivity contribution in [2.75, 3.05) is 18.9 Å². The molecule has 0 aliphatic carbocycles. The Hall–Kier alpha value is -1.79. The molecule has 0 saturated heterocycles. The average molecular weight is 318 g/mol. The van der Waals surface area contributed by atoms with Crippen LogP contribution in [0.15, 0.2) is 30.3 Å². The van der Waals surface area contributed by atoms with Gasteiger partial charge in [-0.3, -0.25) is 4.79 Å². The molecule has 2 N–H and O–H groups in total. The molecule has 2 aromatic rings. The first kappa shape index (κ1) is 16.6. The van der Waals surface area contributed by atoms with Gasteiger partial charge in [0.05, 0.1) is 0 Å². The van der Waals surface area contributed by atoms with Crippen LogP contribution in [0.5, 0.6) is 0 Å². The molecule has 0 fully saturated rings. The van der Waals surface area contributed by atoms with Crippen LogP contribution in [0.1, 0.15) is 31.3 Å². The Labute approximate surface area is 135 Å². The third kappa shape index (κ3) is 3.69. The van der Waals surface area contributed by atoms with E-state index in [9.17, 15) is 4.79 Å². The Balaban J connectivity index is 2.13. The molecule has 118 valence electrons. The van der Waals surface area contributed by atoms with Gasteiger partial charge in [-0.15, -0.1) is 10.2 Å². The molecule has 6 heteroatoms. The first-order valence-corrected chi connectivity index (χ1v) is 8.11. The lowest BCUT2D eigenvalue weighted by Crippen LogP contribution is -2.28. The Bertz CT molecular complexity index is 624. The number of aromatic nitrogens is 2. The van der Waals surface area contributed by atoms with Gasteiger partial charge in [-0.2, -0.15) is 0 Å². The summed E-state index contributed by atoms with van der Waals surface area (Å²) in [5, 5.41) is 15.6. The molecule has 1 amide bonds. The predicted molar refractivity (Wildman–Crippen MR) is 90.2 cm³/mol. The summed E-state index contributed by atoms with van der Waals surface area (Å²) in [7, 11) is 1.83. The van der Waals surface area contributed by atoms with Gasteiger partial charge in [-0.1, -0.05) is 48.6 Å². The third-order valence-corrected chi connectivity index (χ3v) is 4.81. The van der Waals surface area contributed by atoms with Crippen LogP contribution < -0.4 is 10.6 Å². The largest absolute Gasteiger partial charge is 0.319 e. The van der Waals surface area contributed by atoms with Crippen molar-refractivity contribution in [2.45, 2.75) is 26.2 Å². The van der Waals surface area contributed by atoms with Crippen LogP contribution in [0.3, 0.4) is 0 Å². The van der Waals surface area contributed by atoms with Crippen molar-refractivity contribution >= 4 is 22.4 Å². The zero-order chi connectivity index (χ0) is 16.2. The molecule has 0 spiro atoms. The molecule has 2 rings (SSSR count). The Kier molecular flexibility index (Phi) is 5.26. The van der Waals surface area contributed by atoms with E-state index < -0.39 is 0 Å². The number of hydrogen-bond donors (Lipinski definition) is 2. The zero-order valence-electron chi connectivity index (χ0n) is 13.4. The topological polar surface area (TPSA) is 66.9 Å². The van der Waals surface area contributed by atoms with Crippen molar-refractivity contribution in [1.29, 1.82) is 0 Å². The van der Waals surface area contributed by atoms with Gasteiger partial charge in [0.15, 0.2) is 0 Å². The number of nitrogens with one attached hydrogen (secondary N) is 2. The van der Waals surface area contributed by atoms with E-state index in [1.807, 2.05) is 32.2 Å². The highest BCUT2D eigenvalue weighted by molar-refractivity contribution is 7.15. The molecule has 0 bridgehead atoms. The number of benzene rings is 1. The lowest BCUT2D eigenvalue weighted by atomic mass is 9.85. The molecule has 0 radical (unpaired) electrons. The summed E-state index contributed by atoms with van der Waals surface area (Å²) in [6.07, 6.45) is 0. The number of nitrogens with zero attached hydrogens (tertiary/aromatic N) is 2. The maximum atomic E-state index is 12.0. The van der Waals surface area contributed by atoms with E-state index in [2.05, 4.69) is 46.8 Å². The smallest absolute Gasteiger partial charge is 0.230 e. The molecule has 1 aromatic carbocycles. The average Bonchev–Trinajstić information content (AvgIpc) is 2.97. The van der Waals surface area contributed by atoms with Crippen LogP contribution in [-0.4, -0.2) is 29.7 Å². The van der Waals surface area contributed by atoms with E-state index in [4.69, 9.17) is 0 Å². The van der Waals surface area contributed by atoms with E-state index in [0.29, 0.717) is 11.7 Å². The summed E-state index contributed by atoms with van der Waals surface area (Å²) in [5.41, 5.74) is 0.936. The fourth-order valence-electron chi connectivity index (χ4n) is 2.13. The minimum Gasteiger partial charge on any atom is -0.319 e. The number of carbonyl (C=O) groups excluding carboxylic acids is 1. The van der Waals surface area contributed by atoms with Crippen molar-refractivity contribution in [1.82, 2.24) is 15.5 Å². The normalized spacial score (nSPS) is 12.9. The Morgan fingerprint density at radius 2 is 1.95 bits per heavy atom. The Morgan fingerprint density at radius 1 is 1.27 bits per heavy atom. The number of hydrogen-bond acceptors (Lipinski definition) is 5. The van der Waals surface area contributed by atoms with E-state index in [0.717, 1.165) is 5.01 Å². The van der Waals surface area contributed by atoms with Crippen molar-refractivity contribution < 1.29 is 4.79 Å². The quantitative estimate of drug-likeness (QED) is 0.859. The minimum absolute atomic E-state index is 0.0467. The summed E-state index contributed by atoms with van der Waals surface area (Å²) in [6, 6.07) is 10.2. The maximum absolute atomic E-state index is 12.0. The van der Waals surface area contributed by atoms with Crippen LogP contribution in [0.4, 0.5) is 5.13 Å². The summed E-state index contributed by atoms with van der Waals surface area (Å²) in [4.78, 5) is 12.0. The number of amides is 1. The molecule has 0 aliphatic heterocycles. The highest BCUT2D eigenvalue weighted by Crippen LogP contribution is 2.34. The van der Waals surface area contributed by atoms with Crippen molar-refractivity contribution in [3.8, 4) is 0 Å². The van der Waals surface area contributed by atoms with E-state index in [1.165, 1.54) is 16.9 Å². The lowest BCUT2D eigenvalue weighted by Gasteiger charge is -2.21. The summed E-state index contributed by atoms with van der Waals surface area (Å²) in [5.74, 6) is -0.158. The Morgan fingerprint density at radius 3 is 2.59 bits per heavy atom. The molecular weight excluding hydrogens is 296 g/mol. The second kappa shape index (κ2) is 6.98. The van der Waals surface area contributed by atoms with Crippen LogP contribution >= 0.6 is 11.3 Å². The summed E-state index contributed by atoms with van der Waals surface area (Å²) in [6.45, 7) is 6.73. The first-order chi connectivity index (χ1) is 10.4. The lowest BCUT2D eigenvalue weighted by molar-refractivity contribution is -0.119. The fourth-order valence-corrected chi connectivity index (χ4v) is 3.00. The van der Waals surface area contributed by atoms with Gasteiger partial charge in [0, 0.05) is 17.9 Å². The van der Waals surface area contributed by atoms with Gasteiger partial charge in [-0.05, 0) is 26.5 Å². The highest BCUT2D eigenvalue weighted by atomic mass is 32.1. The molecular formula is C16H22N4OS. The van der Waals surface area contributed by atoms with Gasteiger partial charge in [0.2, 0.25) is 11.0 Å². The number of carbonyl (C=O) groups is 1. The van der Waals surface area contributed by atoms with Crippen molar-refractivity contribution in [3.63, 3.8) is 0 Å². The van der Waals surface area contributed by atoms with Gasteiger partial charge in [0.25, 0.3) is 0 Å². The SMILES string of the molecule is CNCC(C)C(=O)Nc1nnc(C(C)(C)c2ccccc2)s1. The van der Waals surface area contributed by atoms with Gasteiger partial charge >= 0.3 is 0 Å². The maximum Gasteiger partial charge on any atom is 0.230 e. The predicted octanol–water partition coefficient (Wildman–Crippen LogP) is 2.66. The van der Waals surface area contributed by atoms with Crippen molar-refractivity contribution in [3.05, 3.63) is 40.9 Å². The van der Waals surface area contributed by atoms with Crippen LogP contribution in [0, 0.1) is 5.92 Å². The highest BCUT2D eigenvalue weighted by Gasteiger charge is 2.28. The fraction of sp³-hybridized carbons (Fsp3) is 0.438. The molecule has 1 atom stereocenters.